The van der Waals surface area contributed by atoms with E-state index in [1.807, 2.05) is 0 Å². The van der Waals surface area contributed by atoms with Crippen molar-refractivity contribution in [1.82, 2.24) is 4.31 Å². The van der Waals surface area contributed by atoms with Gasteiger partial charge in [-0.25, -0.2) is 8.42 Å². The Kier molecular flexibility index (Phi) is 6.34. The first-order valence-corrected chi connectivity index (χ1v) is 10.3. The highest BCUT2D eigenvalue weighted by atomic mass is 32.2. The maximum absolute atomic E-state index is 13.0. The zero-order valence-electron chi connectivity index (χ0n) is 15.9. The minimum Gasteiger partial charge on any atom is -0.495 e. The molecule has 30 heavy (non-hydrogen) atoms. The molecular weight excluding hydrogens is 425 g/mol. The first kappa shape index (κ1) is 22.1. The molecule has 0 unspecified atom stereocenters. The molecule has 162 valence electrons. The van der Waals surface area contributed by atoms with E-state index in [0.29, 0.717) is 0 Å². The molecule has 0 radical (unpaired) electrons. The molecule has 7 nitrogen and oxygen atoms in total. The van der Waals surface area contributed by atoms with Crippen molar-refractivity contribution in [2.24, 2.45) is 0 Å². The van der Waals surface area contributed by atoms with E-state index in [0.717, 1.165) is 24.3 Å². The Morgan fingerprint density at radius 2 is 1.73 bits per heavy atom. The summed E-state index contributed by atoms with van der Waals surface area (Å²) >= 11 is 0. The summed E-state index contributed by atoms with van der Waals surface area (Å²) in [6.45, 7) is 0.916. The number of morpholine rings is 1. The highest BCUT2D eigenvalue weighted by molar-refractivity contribution is 7.89. The normalized spacial score (nSPS) is 15.6. The SMILES string of the molecule is COc1ccc(NC(=O)c2ccc(C(F)(F)F)cc2)cc1S(=O)(=O)N1CCOCC1. The van der Waals surface area contributed by atoms with Gasteiger partial charge >= 0.3 is 6.18 Å². The summed E-state index contributed by atoms with van der Waals surface area (Å²) in [5, 5.41) is 2.50. The van der Waals surface area contributed by atoms with Gasteiger partial charge in [-0.05, 0) is 42.5 Å². The van der Waals surface area contributed by atoms with Gasteiger partial charge in [0.2, 0.25) is 10.0 Å². The van der Waals surface area contributed by atoms with Crippen LogP contribution in [0.3, 0.4) is 0 Å². The highest BCUT2D eigenvalue weighted by Gasteiger charge is 2.31. The number of halogens is 3. The van der Waals surface area contributed by atoms with Crippen LogP contribution in [0, 0.1) is 0 Å². The summed E-state index contributed by atoms with van der Waals surface area (Å²) in [6, 6.07) is 7.80. The monoisotopic (exact) mass is 444 g/mol. The fourth-order valence-corrected chi connectivity index (χ4v) is 4.49. The number of alkyl halides is 3. The minimum atomic E-state index is -4.51. The van der Waals surface area contributed by atoms with Crippen LogP contribution in [-0.4, -0.2) is 52.0 Å². The molecule has 11 heteroatoms. The first-order chi connectivity index (χ1) is 14.1. The summed E-state index contributed by atoms with van der Waals surface area (Å²) < 4.78 is 75.6. The molecular formula is C19H19F3N2O5S. The third-order valence-corrected chi connectivity index (χ3v) is 6.40. The molecule has 1 amide bonds. The third-order valence-electron chi connectivity index (χ3n) is 4.48. The van der Waals surface area contributed by atoms with E-state index in [2.05, 4.69) is 5.32 Å². The predicted molar refractivity (Wildman–Crippen MR) is 102 cm³/mol. The molecule has 0 spiro atoms. The smallest absolute Gasteiger partial charge is 0.416 e. The molecule has 1 aliphatic heterocycles. The maximum Gasteiger partial charge on any atom is 0.416 e. The number of anilines is 1. The van der Waals surface area contributed by atoms with Crippen molar-refractivity contribution in [2.75, 3.05) is 38.7 Å². The number of carbonyl (C=O) groups excluding carboxylic acids is 1. The molecule has 0 atom stereocenters. The molecule has 1 aliphatic rings. The second kappa shape index (κ2) is 8.62. The van der Waals surface area contributed by atoms with E-state index in [1.54, 1.807) is 0 Å². The Morgan fingerprint density at radius 3 is 2.30 bits per heavy atom. The fraction of sp³-hybridized carbons (Fsp3) is 0.316. The minimum absolute atomic E-state index is 0.00333. The molecule has 0 aromatic heterocycles. The van der Waals surface area contributed by atoms with Gasteiger partial charge in [0.05, 0.1) is 25.9 Å². The maximum atomic E-state index is 13.0. The Labute approximate surface area is 171 Å². The molecule has 3 rings (SSSR count). The number of carbonyl (C=O) groups is 1. The summed E-state index contributed by atoms with van der Waals surface area (Å²) in [5.74, 6) is -0.572. The lowest BCUT2D eigenvalue weighted by Gasteiger charge is -2.26. The van der Waals surface area contributed by atoms with Crippen molar-refractivity contribution in [3.05, 3.63) is 53.6 Å². The van der Waals surface area contributed by atoms with Crippen molar-refractivity contribution < 1.29 is 35.9 Å². The molecule has 0 bridgehead atoms. The second-order valence-corrected chi connectivity index (χ2v) is 8.32. The lowest BCUT2D eigenvalue weighted by atomic mass is 10.1. The van der Waals surface area contributed by atoms with E-state index >= 15 is 0 Å². The Balaban J connectivity index is 1.85. The number of ether oxygens (including phenoxy) is 2. The van der Waals surface area contributed by atoms with E-state index in [-0.39, 0.29) is 48.2 Å². The molecule has 1 heterocycles. The van der Waals surface area contributed by atoms with Crippen LogP contribution < -0.4 is 10.1 Å². The molecule has 2 aromatic rings. The average molecular weight is 444 g/mol. The zero-order valence-corrected chi connectivity index (χ0v) is 16.7. The van der Waals surface area contributed by atoms with Crippen molar-refractivity contribution in [3.63, 3.8) is 0 Å². The fourth-order valence-electron chi connectivity index (χ4n) is 2.90. The van der Waals surface area contributed by atoms with Gasteiger partial charge in [-0.2, -0.15) is 17.5 Å². The predicted octanol–water partition coefficient (Wildman–Crippen LogP) is 2.99. The van der Waals surface area contributed by atoms with E-state index in [9.17, 15) is 26.4 Å². The van der Waals surface area contributed by atoms with Crippen LogP contribution in [0.2, 0.25) is 0 Å². The van der Waals surface area contributed by atoms with Crippen LogP contribution in [0.15, 0.2) is 47.4 Å². The largest absolute Gasteiger partial charge is 0.495 e. The number of nitrogens with one attached hydrogen (secondary N) is 1. The topological polar surface area (TPSA) is 84.9 Å². The summed E-state index contributed by atoms with van der Waals surface area (Å²) in [5.41, 5.74) is -0.716. The van der Waals surface area contributed by atoms with Gasteiger partial charge in [0.1, 0.15) is 10.6 Å². The zero-order chi connectivity index (χ0) is 21.9. The molecule has 0 saturated carbocycles. The van der Waals surface area contributed by atoms with E-state index < -0.39 is 27.7 Å². The number of nitrogens with zero attached hydrogens (tertiary/aromatic N) is 1. The number of sulfonamides is 1. The van der Waals surface area contributed by atoms with Gasteiger partial charge in [0.25, 0.3) is 5.91 Å². The summed E-state index contributed by atoms with van der Waals surface area (Å²) in [4.78, 5) is 12.3. The lowest BCUT2D eigenvalue weighted by molar-refractivity contribution is -0.137. The number of hydrogen-bond acceptors (Lipinski definition) is 5. The average Bonchev–Trinajstić information content (AvgIpc) is 2.73. The van der Waals surface area contributed by atoms with Crippen LogP contribution in [0.5, 0.6) is 5.75 Å². The molecule has 2 aromatic carbocycles. The van der Waals surface area contributed by atoms with Crippen molar-refractivity contribution in [1.29, 1.82) is 0 Å². The molecule has 1 fully saturated rings. The van der Waals surface area contributed by atoms with Crippen LogP contribution in [0.4, 0.5) is 18.9 Å². The van der Waals surface area contributed by atoms with Crippen LogP contribution in [0.1, 0.15) is 15.9 Å². The van der Waals surface area contributed by atoms with Crippen molar-refractivity contribution in [2.45, 2.75) is 11.1 Å². The molecule has 0 aliphatic carbocycles. The van der Waals surface area contributed by atoms with E-state index in [4.69, 9.17) is 9.47 Å². The van der Waals surface area contributed by atoms with Crippen molar-refractivity contribution >= 4 is 21.6 Å². The van der Waals surface area contributed by atoms with Gasteiger partial charge < -0.3 is 14.8 Å². The number of amides is 1. The van der Waals surface area contributed by atoms with Gasteiger partial charge in [0.15, 0.2) is 0 Å². The van der Waals surface area contributed by atoms with E-state index in [1.165, 1.54) is 29.6 Å². The Morgan fingerprint density at radius 1 is 1.10 bits per heavy atom. The Hall–Kier alpha value is -2.63. The Bertz CT molecular complexity index is 1020. The summed E-state index contributed by atoms with van der Waals surface area (Å²) in [7, 11) is -2.57. The van der Waals surface area contributed by atoms with Crippen LogP contribution in [0.25, 0.3) is 0 Å². The lowest BCUT2D eigenvalue weighted by Crippen LogP contribution is -2.40. The van der Waals surface area contributed by atoms with Crippen LogP contribution >= 0.6 is 0 Å². The van der Waals surface area contributed by atoms with Gasteiger partial charge in [-0.3, -0.25) is 4.79 Å². The highest BCUT2D eigenvalue weighted by Crippen LogP contribution is 2.31. The van der Waals surface area contributed by atoms with Gasteiger partial charge in [-0.1, -0.05) is 0 Å². The van der Waals surface area contributed by atoms with Gasteiger partial charge in [0, 0.05) is 24.3 Å². The molecule has 1 N–H and O–H groups in total. The van der Waals surface area contributed by atoms with Crippen LogP contribution in [-0.2, 0) is 20.9 Å². The number of methoxy groups -OCH3 is 1. The number of benzene rings is 2. The first-order valence-electron chi connectivity index (χ1n) is 8.87. The second-order valence-electron chi connectivity index (χ2n) is 6.41. The molecule has 1 saturated heterocycles. The standard InChI is InChI=1S/C19H19F3N2O5S/c1-28-16-7-6-15(12-17(16)30(26,27)24-8-10-29-11-9-24)23-18(25)13-2-4-14(5-3-13)19(20,21)22/h2-7,12H,8-11H2,1H3,(H,23,25). The number of rotatable bonds is 5. The third kappa shape index (κ3) is 4.74. The quantitative estimate of drug-likeness (QED) is 0.767. The van der Waals surface area contributed by atoms with Crippen molar-refractivity contribution in [3.8, 4) is 5.75 Å². The van der Waals surface area contributed by atoms with Gasteiger partial charge in [-0.15, -0.1) is 0 Å². The summed E-state index contributed by atoms with van der Waals surface area (Å²) in [6.07, 6.45) is -4.51. The number of hydrogen-bond donors (Lipinski definition) is 1.